The Morgan fingerprint density at radius 1 is 0.849 bits per heavy atom. The number of carbonyl (C=O) groups excluding carboxylic acids is 1. The van der Waals surface area contributed by atoms with Crippen LogP contribution < -0.4 is 9.47 Å². The van der Waals surface area contributed by atoms with Gasteiger partial charge in [0, 0.05) is 36.7 Å². The Morgan fingerprint density at radius 3 is 2.26 bits per heavy atom. The third-order valence-electron chi connectivity index (χ3n) is 15.0. The zero-order valence-corrected chi connectivity index (χ0v) is 44.2. The van der Waals surface area contributed by atoms with Crippen molar-refractivity contribution in [3.05, 3.63) is 132 Å². The molecular formula is C62H83FN2O8. The molecule has 0 saturated heterocycles. The van der Waals surface area contributed by atoms with Gasteiger partial charge in [0.25, 0.3) is 0 Å². The molecule has 1 amide bonds. The van der Waals surface area contributed by atoms with Gasteiger partial charge in [-0.3, -0.25) is 4.90 Å². The number of halogens is 1. The second-order valence-electron chi connectivity index (χ2n) is 21.4. The van der Waals surface area contributed by atoms with Gasteiger partial charge in [0.1, 0.15) is 35.6 Å². The summed E-state index contributed by atoms with van der Waals surface area (Å²) in [6, 6.07) is 26.1. The van der Waals surface area contributed by atoms with Gasteiger partial charge >= 0.3 is 6.09 Å². The lowest BCUT2D eigenvalue weighted by Crippen LogP contribution is -2.70. The zero-order valence-electron chi connectivity index (χ0n) is 44.2. The lowest BCUT2D eigenvalue weighted by atomic mass is 9.55. The third kappa shape index (κ3) is 14.3. The molecule has 11 heteroatoms. The average molecular weight is 1000 g/mol. The number of allylic oxidation sites excluding steroid dienone is 1. The molecule has 0 bridgehead atoms. The van der Waals surface area contributed by atoms with Crippen LogP contribution >= 0.6 is 0 Å². The summed E-state index contributed by atoms with van der Waals surface area (Å²) in [6.45, 7) is 13.1. The maximum absolute atomic E-state index is 15.3. The van der Waals surface area contributed by atoms with Crippen molar-refractivity contribution in [1.29, 1.82) is 0 Å². The highest BCUT2D eigenvalue weighted by Crippen LogP contribution is 2.62. The Bertz CT molecular complexity index is 2440. The van der Waals surface area contributed by atoms with Crippen LogP contribution in [0, 0.1) is 23.6 Å². The van der Waals surface area contributed by atoms with E-state index in [2.05, 4.69) is 43.8 Å². The fourth-order valence-corrected chi connectivity index (χ4v) is 11.5. The number of nitrogens with zero attached hydrogens (tertiary/aromatic N) is 2. The minimum atomic E-state index is -1.49. The molecule has 6 atom stereocenters. The standard InChI is InChI=1S/C62H83FN2O8/c1-6-8-9-10-11-12-13-14-15-24-39-69-60(68)65(43-47-30-25-29-45-26-16-18-31-50(45)47)57-42-55(64-73-61(3,4)5)52-40-46(27-20-22-36-66)51(32-21-23-37-67)58-53-41-49(70-44-48-28-17-19-33-54(48)63)34-35-56(53)72-62(57,59(52)58)71-38-7-2/h7,16-19,25-26,28-31,33-35,40-41,46,51,57-59,66-67H,2,6,8-15,20-24,27,32,36-39,42-44H2,1,3-5H3. The minimum absolute atomic E-state index is 0.00788. The topological polar surface area (TPSA) is 119 Å². The molecule has 73 heavy (non-hydrogen) atoms. The van der Waals surface area contributed by atoms with E-state index in [1.807, 2.05) is 62.1 Å². The molecule has 1 fully saturated rings. The summed E-state index contributed by atoms with van der Waals surface area (Å²) in [6.07, 6.45) is 20.0. The van der Waals surface area contributed by atoms with Gasteiger partial charge < -0.3 is 34.0 Å². The molecule has 1 aliphatic heterocycles. The molecular weight excluding hydrogens is 920 g/mol. The summed E-state index contributed by atoms with van der Waals surface area (Å²) >= 11 is 0. The number of ether oxygens (including phenoxy) is 4. The smallest absolute Gasteiger partial charge is 0.410 e. The van der Waals surface area contributed by atoms with Crippen molar-refractivity contribution in [2.45, 2.75) is 173 Å². The van der Waals surface area contributed by atoms with Crippen molar-refractivity contribution in [3.63, 3.8) is 0 Å². The number of amides is 1. The van der Waals surface area contributed by atoms with Gasteiger partial charge in [-0.15, -0.1) is 6.58 Å². The molecule has 1 saturated carbocycles. The van der Waals surface area contributed by atoms with Crippen molar-refractivity contribution < 1.29 is 43.2 Å². The van der Waals surface area contributed by atoms with Crippen LogP contribution in [-0.2, 0) is 27.5 Å². The van der Waals surface area contributed by atoms with E-state index >= 15 is 4.79 Å². The highest BCUT2D eigenvalue weighted by Gasteiger charge is 2.66. The Labute approximate surface area is 435 Å². The highest BCUT2D eigenvalue weighted by atomic mass is 19.1. The Morgan fingerprint density at radius 2 is 1.53 bits per heavy atom. The van der Waals surface area contributed by atoms with Crippen molar-refractivity contribution in [1.82, 2.24) is 4.90 Å². The molecule has 1 heterocycles. The summed E-state index contributed by atoms with van der Waals surface area (Å²) in [7, 11) is 0. The lowest BCUT2D eigenvalue weighted by molar-refractivity contribution is -0.256. The van der Waals surface area contributed by atoms with Gasteiger partial charge in [0.15, 0.2) is 0 Å². The summed E-state index contributed by atoms with van der Waals surface area (Å²) in [5.74, 6) is -1.40. The second kappa shape index (κ2) is 27.3. The largest absolute Gasteiger partial charge is 0.489 e. The molecule has 6 unspecified atom stereocenters. The molecule has 2 N–H and O–H groups in total. The van der Waals surface area contributed by atoms with Crippen LogP contribution in [0.5, 0.6) is 11.5 Å². The van der Waals surface area contributed by atoms with Crippen LogP contribution in [0.15, 0.2) is 114 Å². The van der Waals surface area contributed by atoms with Crippen LogP contribution in [0.4, 0.5) is 9.18 Å². The van der Waals surface area contributed by atoms with E-state index in [9.17, 15) is 14.6 Å². The molecule has 0 radical (unpaired) electrons. The fraction of sp³-hybridized carbons (Fsp3) is 0.548. The number of oxime groups is 1. The van der Waals surface area contributed by atoms with E-state index < -0.39 is 29.4 Å². The van der Waals surface area contributed by atoms with E-state index in [1.54, 1.807) is 24.3 Å². The van der Waals surface area contributed by atoms with Gasteiger partial charge in [-0.1, -0.05) is 156 Å². The Balaban J connectivity index is 1.36. The van der Waals surface area contributed by atoms with Gasteiger partial charge in [0.05, 0.1) is 31.4 Å². The third-order valence-corrected chi connectivity index (χ3v) is 15.0. The molecule has 3 aliphatic rings. The van der Waals surface area contributed by atoms with E-state index in [0.29, 0.717) is 35.6 Å². The number of benzene rings is 4. The number of hydrogen-bond donors (Lipinski definition) is 2. The second-order valence-corrected chi connectivity index (χ2v) is 21.4. The molecule has 2 aliphatic carbocycles. The van der Waals surface area contributed by atoms with Gasteiger partial charge in [-0.05, 0) is 111 Å². The zero-order chi connectivity index (χ0) is 51.6. The summed E-state index contributed by atoms with van der Waals surface area (Å²) in [4.78, 5) is 23.5. The van der Waals surface area contributed by atoms with Crippen molar-refractivity contribution in [2.24, 2.45) is 22.9 Å². The maximum atomic E-state index is 15.3. The Hall–Kier alpha value is -5.23. The van der Waals surface area contributed by atoms with E-state index in [0.717, 1.165) is 72.4 Å². The predicted molar refractivity (Wildman–Crippen MR) is 289 cm³/mol. The first-order valence-electron chi connectivity index (χ1n) is 27.5. The van der Waals surface area contributed by atoms with E-state index in [1.165, 1.54) is 51.0 Å². The number of rotatable bonds is 29. The quantitative estimate of drug-likeness (QED) is 0.0314. The first kappa shape index (κ1) is 55.5. The number of unbranched alkanes of at least 4 members (excludes halogenated alkanes) is 11. The number of carbonyl (C=O) groups is 1. The monoisotopic (exact) mass is 1000 g/mol. The maximum Gasteiger partial charge on any atom is 0.410 e. The average Bonchev–Trinajstić information content (AvgIpc) is 3.38. The summed E-state index contributed by atoms with van der Waals surface area (Å²) in [5, 5.41) is 27.3. The summed E-state index contributed by atoms with van der Waals surface area (Å²) in [5.41, 5.74) is 3.34. The van der Waals surface area contributed by atoms with Crippen LogP contribution in [0.2, 0.25) is 0 Å². The lowest BCUT2D eigenvalue weighted by Gasteiger charge is -2.60. The number of fused-ring (bicyclic) bond motifs is 3. The minimum Gasteiger partial charge on any atom is -0.489 e. The van der Waals surface area contributed by atoms with E-state index in [4.69, 9.17) is 28.9 Å². The van der Waals surface area contributed by atoms with Crippen LogP contribution in [0.1, 0.15) is 159 Å². The Kier molecular flexibility index (Phi) is 20.8. The molecule has 0 spiro atoms. The molecule has 4 aromatic rings. The fourth-order valence-electron chi connectivity index (χ4n) is 11.5. The molecule has 0 aromatic heterocycles. The number of aliphatic hydroxyl groups is 2. The first-order valence-corrected chi connectivity index (χ1v) is 27.5. The van der Waals surface area contributed by atoms with Gasteiger partial charge in [-0.2, -0.15) is 0 Å². The number of hydrogen-bond acceptors (Lipinski definition) is 9. The van der Waals surface area contributed by atoms with Crippen molar-refractivity contribution in [3.8, 4) is 11.5 Å². The normalized spacial score (nSPS) is 21.7. The van der Waals surface area contributed by atoms with Crippen LogP contribution in [0.25, 0.3) is 10.8 Å². The highest BCUT2D eigenvalue weighted by molar-refractivity contribution is 6.03. The molecule has 396 valence electrons. The van der Waals surface area contributed by atoms with Gasteiger partial charge in [-0.25, -0.2) is 9.18 Å². The predicted octanol–water partition coefficient (Wildman–Crippen LogP) is 14.5. The molecule has 4 aromatic carbocycles. The SMILES string of the molecule is C=CCOC12Oc3ccc(OCc4ccccc4F)cc3C3C(CCCCO)C(CCCCO)C=C(C(=NOC(C)(C)C)CC1N(Cc1cccc4ccccc14)C(=O)OCCCCCCCCCCCC)C32. The molecule has 10 nitrogen and oxygen atoms in total. The molecule has 7 rings (SSSR count). The number of aliphatic hydroxyl groups excluding tert-OH is 2. The van der Waals surface area contributed by atoms with Crippen LogP contribution in [0.3, 0.4) is 0 Å². The van der Waals surface area contributed by atoms with Crippen LogP contribution in [-0.4, -0.2) is 70.8 Å². The van der Waals surface area contributed by atoms with E-state index in [-0.39, 0.29) is 69.6 Å². The summed E-state index contributed by atoms with van der Waals surface area (Å²) < 4.78 is 42.5. The van der Waals surface area contributed by atoms with Gasteiger partial charge in [0.2, 0.25) is 5.79 Å². The van der Waals surface area contributed by atoms with Crippen molar-refractivity contribution in [2.75, 3.05) is 26.4 Å². The first-order chi connectivity index (χ1) is 35.5. The van der Waals surface area contributed by atoms with Crippen molar-refractivity contribution >= 4 is 22.6 Å².